The lowest BCUT2D eigenvalue weighted by Gasteiger charge is -2.07. The van der Waals surface area contributed by atoms with Crippen molar-refractivity contribution in [1.29, 1.82) is 0 Å². The van der Waals surface area contributed by atoms with Crippen LogP contribution in [0.1, 0.15) is 13.3 Å². The SMILES string of the molecule is CCC(=O)Nc1ccnc(OCCOC)c1. The summed E-state index contributed by atoms with van der Waals surface area (Å²) in [5.74, 6) is 0.444. The molecule has 0 fully saturated rings. The highest BCUT2D eigenvalue weighted by molar-refractivity contribution is 5.90. The van der Waals surface area contributed by atoms with E-state index in [1.807, 2.05) is 0 Å². The van der Waals surface area contributed by atoms with E-state index in [1.165, 1.54) is 0 Å². The minimum absolute atomic E-state index is 0.0333. The fourth-order valence-electron chi connectivity index (χ4n) is 1.05. The zero-order chi connectivity index (χ0) is 11.8. The van der Waals surface area contributed by atoms with Crippen molar-refractivity contribution in [2.45, 2.75) is 13.3 Å². The Labute approximate surface area is 94.8 Å². The molecule has 0 aliphatic carbocycles. The molecule has 5 heteroatoms. The first-order chi connectivity index (χ1) is 7.76. The number of rotatable bonds is 6. The maximum absolute atomic E-state index is 11.2. The fraction of sp³-hybridized carbons (Fsp3) is 0.455. The summed E-state index contributed by atoms with van der Waals surface area (Å²) in [5, 5.41) is 2.73. The van der Waals surface area contributed by atoms with Gasteiger partial charge in [0.05, 0.1) is 6.61 Å². The van der Waals surface area contributed by atoms with Crippen LogP contribution in [0.2, 0.25) is 0 Å². The molecule has 16 heavy (non-hydrogen) atoms. The lowest BCUT2D eigenvalue weighted by molar-refractivity contribution is -0.115. The number of carbonyl (C=O) groups excluding carboxylic acids is 1. The van der Waals surface area contributed by atoms with Crippen molar-refractivity contribution in [2.75, 3.05) is 25.6 Å². The third-order valence-corrected chi connectivity index (χ3v) is 1.88. The van der Waals surface area contributed by atoms with E-state index >= 15 is 0 Å². The molecule has 1 aromatic heterocycles. The largest absolute Gasteiger partial charge is 0.475 e. The summed E-state index contributed by atoms with van der Waals surface area (Å²) in [6.07, 6.45) is 2.04. The summed E-state index contributed by atoms with van der Waals surface area (Å²) < 4.78 is 10.2. The summed E-state index contributed by atoms with van der Waals surface area (Å²) in [6, 6.07) is 3.40. The van der Waals surface area contributed by atoms with Gasteiger partial charge in [-0.15, -0.1) is 0 Å². The molecule has 88 valence electrons. The minimum atomic E-state index is -0.0333. The second-order valence-corrected chi connectivity index (χ2v) is 3.13. The number of pyridine rings is 1. The number of carbonyl (C=O) groups is 1. The number of nitrogens with zero attached hydrogens (tertiary/aromatic N) is 1. The van der Waals surface area contributed by atoms with Gasteiger partial charge in [-0.1, -0.05) is 6.92 Å². The lowest BCUT2D eigenvalue weighted by Crippen LogP contribution is -2.10. The van der Waals surface area contributed by atoms with Crippen LogP contribution in [0.3, 0.4) is 0 Å². The maximum Gasteiger partial charge on any atom is 0.224 e. The highest BCUT2D eigenvalue weighted by Crippen LogP contribution is 2.13. The monoisotopic (exact) mass is 224 g/mol. The number of amides is 1. The zero-order valence-electron chi connectivity index (χ0n) is 9.53. The van der Waals surface area contributed by atoms with E-state index in [1.54, 1.807) is 32.4 Å². The first-order valence-electron chi connectivity index (χ1n) is 5.14. The molecule has 0 unspecified atom stereocenters. The average Bonchev–Trinajstić information content (AvgIpc) is 2.30. The number of hydrogen-bond donors (Lipinski definition) is 1. The molecule has 0 aliphatic heterocycles. The van der Waals surface area contributed by atoms with E-state index in [0.29, 0.717) is 31.2 Å². The predicted octanol–water partition coefficient (Wildman–Crippen LogP) is 1.46. The van der Waals surface area contributed by atoms with E-state index < -0.39 is 0 Å². The third kappa shape index (κ3) is 4.27. The van der Waals surface area contributed by atoms with Crippen molar-refractivity contribution in [1.82, 2.24) is 4.98 Å². The molecule has 0 atom stereocenters. The highest BCUT2D eigenvalue weighted by atomic mass is 16.5. The number of anilines is 1. The summed E-state index contributed by atoms with van der Waals surface area (Å²) in [6.45, 7) is 2.74. The van der Waals surface area contributed by atoms with Crippen LogP contribution in [0.25, 0.3) is 0 Å². The van der Waals surface area contributed by atoms with Gasteiger partial charge >= 0.3 is 0 Å². The number of nitrogens with one attached hydrogen (secondary N) is 1. The Bertz CT molecular complexity index is 342. The summed E-state index contributed by atoms with van der Waals surface area (Å²) in [4.78, 5) is 15.2. The van der Waals surface area contributed by atoms with Gasteiger partial charge in [0.15, 0.2) is 0 Å². The number of methoxy groups -OCH3 is 1. The number of hydrogen-bond acceptors (Lipinski definition) is 4. The van der Waals surface area contributed by atoms with Crippen LogP contribution in [0.4, 0.5) is 5.69 Å². The molecule has 0 aliphatic rings. The van der Waals surface area contributed by atoms with Crippen LogP contribution in [-0.2, 0) is 9.53 Å². The van der Waals surface area contributed by atoms with Crippen molar-refractivity contribution in [3.8, 4) is 5.88 Å². The van der Waals surface area contributed by atoms with Crippen molar-refractivity contribution >= 4 is 11.6 Å². The van der Waals surface area contributed by atoms with Crippen molar-refractivity contribution in [2.24, 2.45) is 0 Å². The number of ether oxygens (including phenoxy) is 2. The predicted molar refractivity (Wildman–Crippen MR) is 60.5 cm³/mol. The second kappa shape index (κ2) is 6.79. The molecular weight excluding hydrogens is 208 g/mol. The Morgan fingerprint density at radius 1 is 1.50 bits per heavy atom. The lowest BCUT2D eigenvalue weighted by atomic mass is 10.3. The molecule has 0 radical (unpaired) electrons. The Morgan fingerprint density at radius 2 is 2.31 bits per heavy atom. The van der Waals surface area contributed by atoms with Gasteiger partial charge in [0.1, 0.15) is 6.61 Å². The Balaban J connectivity index is 2.53. The molecule has 0 saturated heterocycles. The molecule has 1 heterocycles. The molecule has 0 saturated carbocycles. The fourth-order valence-corrected chi connectivity index (χ4v) is 1.05. The molecule has 1 amide bonds. The van der Waals surface area contributed by atoms with Gasteiger partial charge in [-0.2, -0.15) is 0 Å². The first kappa shape index (κ1) is 12.4. The van der Waals surface area contributed by atoms with Gasteiger partial charge < -0.3 is 14.8 Å². The molecule has 0 bridgehead atoms. The smallest absolute Gasteiger partial charge is 0.224 e. The molecule has 1 aromatic rings. The second-order valence-electron chi connectivity index (χ2n) is 3.13. The van der Waals surface area contributed by atoms with E-state index in [2.05, 4.69) is 10.3 Å². The first-order valence-corrected chi connectivity index (χ1v) is 5.14. The summed E-state index contributed by atoms with van der Waals surface area (Å²) in [5.41, 5.74) is 0.689. The van der Waals surface area contributed by atoms with Crippen molar-refractivity contribution in [3.63, 3.8) is 0 Å². The van der Waals surface area contributed by atoms with Gasteiger partial charge in [0, 0.05) is 31.5 Å². The molecule has 1 N–H and O–H groups in total. The summed E-state index contributed by atoms with van der Waals surface area (Å²) in [7, 11) is 1.61. The molecular formula is C11H16N2O3. The maximum atomic E-state index is 11.2. The highest BCUT2D eigenvalue weighted by Gasteiger charge is 2.01. The van der Waals surface area contributed by atoms with Crippen molar-refractivity contribution in [3.05, 3.63) is 18.3 Å². The number of aromatic nitrogens is 1. The van der Waals surface area contributed by atoms with Crippen LogP contribution < -0.4 is 10.1 Å². The van der Waals surface area contributed by atoms with E-state index in [9.17, 15) is 4.79 Å². The van der Waals surface area contributed by atoms with Gasteiger partial charge in [-0.3, -0.25) is 4.79 Å². The van der Waals surface area contributed by atoms with E-state index in [0.717, 1.165) is 0 Å². The molecule has 5 nitrogen and oxygen atoms in total. The normalized spacial score (nSPS) is 9.88. The Hall–Kier alpha value is -1.62. The van der Waals surface area contributed by atoms with Crippen LogP contribution >= 0.6 is 0 Å². The van der Waals surface area contributed by atoms with Gasteiger partial charge in [0.2, 0.25) is 11.8 Å². The topological polar surface area (TPSA) is 60.5 Å². The van der Waals surface area contributed by atoms with Crippen LogP contribution in [0.15, 0.2) is 18.3 Å². The summed E-state index contributed by atoms with van der Waals surface area (Å²) >= 11 is 0. The van der Waals surface area contributed by atoms with Crippen LogP contribution in [0, 0.1) is 0 Å². The van der Waals surface area contributed by atoms with Gasteiger partial charge in [-0.05, 0) is 6.07 Å². The van der Waals surface area contributed by atoms with Gasteiger partial charge in [-0.25, -0.2) is 4.98 Å². The molecule has 1 rings (SSSR count). The van der Waals surface area contributed by atoms with E-state index in [-0.39, 0.29) is 5.91 Å². The quantitative estimate of drug-likeness (QED) is 0.743. The standard InChI is InChI=1S/C11H16N2O3/c1-3-10(14)13-9-4-5-12-11(8-9)16-7-6-15-2/h4-5,8H,3,6-7H2,1-2H3,(H,12,13,14). The van der Waals surface area contributed by atoms with Gasteiger partial charge in [0.25, 0.3) is 0 Å². The zero-order valence-corrected chi connectivity index (χ0v) is 9.53. The minimum Gasteiger partial charge on any atom is -0.475 e. The average molecular weight is 224 g/mol. The molecule has 0 aromatic carbocycles. The third-order valence-electron chi connectivity index (χ3n) is 1.88. The van der Waals surface area contributed by atoms with Crippen molar-refractivity contribution < 1.29 is 14.3 Å². The van der Waals surface area contributed by atoms with Crippen LogP contribution in [-0.4, -0.2) is 31.2 Å². The van der Waals surface area contributed by atoms with Crippen LogP contribution in [0.5, 0.6) is 5.88 Å². The Morgan fingerprint density at radius 3 is 3.00 bits per heavy atom. The van der Waals surface area contributed by atoms with E-state index in [4.69, 9.17) is 9.47 Å². The molecule has 0 spiro atoms. The Kier molecular flexibility index (Phi) is 5.28.